The lowest BCUT2D eigenvalue weighted by atomic mass is 9.81. The molecule has 1 N–H and O–H groups in total. The van der Waals surface area contributed by atoms with E-state index in [0.717, 1.165) is 36.0 Å². The summed E-state index contributed by atoms with van der Waals surface area (Å²) in [7, 11) is 0. The van der Waals surface area contributed by atoms with Gasteiger partial charge in [0.05, 0.1) is 18.3 Å². The molecular formula is C22H29NO3. The number of carbonyl (C=O) groups excluding carboxylic acids is 1. The number of aliphatic hydroxyl groups excluding tert-OH is 1. The second-order valence-corrected chi connectivity index (χ2v) is 8.04. The third-order valence-electron chi connectivity index (χ3n) is 5.02. The minimum absolute atomic E-state index is 0.103. The van der Waals surface area contributed by atoms with Gasteiger partial charge in [0.15, 0.2) is 0 Å². The first-order chi connectivity index (χ1) is 12.4. The van der Waals surface area contributed by atoms with Crippen molar-refractivity contribution in [1.29, 1.82) is 0 Å². The molecule has 0 spiro atoms. The van der Waals surface area contributed by atoms with Crippen molar-refractivity contribution in [3.05, 3.63) is 52.7 Å². The highest BCUT2D eigenvalue weighted by Crippen LogP contribution is 2.50. The van der Waals surface area contributed by atoms with Crippen molar-refractivity contribution >= 4 is 12.2 Å². The molecule has 1 amide bonds. The minimum atomic E-state index is -0.580. The first kappa shape index (κ1) is 18.7. The van der Waals surface area contributed by atoms with Crippen LogP contribution in [0.2, 0.25) is 0 Å². The Hall–Kier alpha value is -2.07. The van der Waals surface area contributed by atoms with Crippen LogP contribution in [0.1, 0.15) is 64.1 Å². The van der Waals surface area contributed by atoms with Gasteiger partial charge >= 0.3 is 6.09 Å². The molecule has 1 heterocycles. The van der Waals surface area contributed by atoms with Crippen molar-refractivity contribution in [3.63, 3.8) is 0 Å². The third-order valence-corrected chi connectivity index (χ3v) is 5.02. The zero-order chi connectivity index (χ0) is 18.9. The average Bonchev–Trinajstić information content (AvgIpc) is 2.92. The van der Waals surface area contributed by atoms with E-state index < -0.39 is 5.60 Å². The van der Waals surface area contributed by atoms with Crippen LogP contribution in [0.3, 0.4) is 0 Å². The molecule has 140 valence electrons. The van der Waals surface area contributed by atoms with Crippen molar-refractivity contribution in [2.45, 2.75) is 58.6 Å². The van der Waals surface area contributed by atoms with E-state index in [2.05, 4.69) is 31.2 Å². The van der Waals surface area contributed by atoms with Crippen LogP contribution in [0.25, 0.3) is 6.08 Å². The van der Waals surface area contributed by atoms with Crippen LogP contribution in [0, 0.1) is 5.92 Å². The molecule has 4 heteroatoms. The fraction of sp³-hybridized carbons (Fsp3) is 0.500. The molecule has 0 saturated carbocycles. The van der Waals surface area contributed by atoms with E-state index in [9.17, 15) is 9.90 Å². The van der Waals surface area contributed by atoms with Gasteiger partial charge in [-0.1, -0.05) is 49.8 Å². The Balaban J connectivity index is 2.07. The van der Waals surface area contributed by atoms with Gasteiger partial charge in [0.25, 0.3) is 0 Å². The van der Waals surface area contributed by atoms with Gasteiger partial charge in [0.1, 0.15) is 5.60 Å². The number of fused-ring (bicyclic) bond motifs is 3. The van der Waals surface area contributed by atoms with E-state index in [1.165, 1.54) is 0 Å². The number of unbranched alkanes of at least 4 members (excludes halogenated alkanes) is 1. The van der Waals surface area contributed by atoms with Gasteiger partial charge in [0.2, 0.25) is 0 Å². The summed E-state index contributed by atoms with van der Waals surface area (Å²) in [5.41, 5.74) is 3.53. The van der Waals surface area contributed by atoms with Crippen molar-refractivity contribution < 1.29 is 14.6 Å². The lowest BCUT2D eigenvalue weighted by Crippen LogP contribution is -2.38. The van der Waals surface area contributed by atoms with Gasteiger partial charge in [-0.05, 0) is 50.3 Å². The standard InChI is InChI=1S/C22H29NO3/c1-5-6-10-17-18-13-12-15-9-7-8-11-16(15)20(18)23(19(17)14-24)21(25)26-22(2,3)4/h7-9,11-13,18,20,24H,5-6,10,14H2,1-4H3/t18-,20-/m1/s1. The molecule has 26 heavy (non-hydrogen) atoms. The van der Waals surface area contributed by atoms with E-state index in [4.69, 9.17) is 4.74 Å². The molecule has 1 aliphatic carbocycles. The molecule has 2 aliphatic rings. The van der Waals surface area contributed by atoms with Gasteiger partial charge < -0.3 is 9.84 Å². The highest BCUT2D eigenvalue weighted by Gasteiger charge is 2.45. The Labute approximate surface area is 156 Å². The second-order valence-electron chi connectivity index (χ2n) is 8.04. The summed E-state index contributed by atoms with van der Waals surface area (Å²) in [6.07, 6.45) is 6.94. The average molecular weight is 355 g/mol. The summed E-state index contributed by atoms with van der Waals surface area (Å²) in [4.78, 5) is 14.7. The van der Waals surface area contributed by atoms with Crippen LogP contribution in [0.5, 0.6) is 0 Å². The van der Waals surface area contributed by atoms with Crippen molar-refractivity contribution in [2.24, 2.45) is 5.92 Å². The topological polar surface area (TPSA) is 49.8 Å². The Bertz CT molecular complexity index is 742. The van der Waals surface area contributed by atoms with Crippen molar-refractivity contribution in [3.8, 4) is 0 Å². The van der Waals surface area contributed by atoms with E-state index in [-0.39, 0.29) is 24.7 Å². The zero-order valence-corrected chi connectivity index (χ0v) is 16.2. The SMILES string of the molecule is CCCCC1=C(CO)N(C(=O)OC(C)(C)C)[C@@H]2c3ccccc3C=C[C@H]12. The van der Waals surface area contributed by atoms with Crippen LogP contribution >= 0.6 is 0 Å². The van der Waals surface area contributed by atoms with Crippen LogP contribution < -0.4 is 0 Å². The minimum Gasteiger partial charge on any atom is -0.443 e. The largest absolute Gasteiger partial charge is 0.443 e. The van der Waals surface area contributed by atoms with Gasteiger partial charge in [-0.15, -0.1) is 0 Å². The number of ether oxygens (including phenoxy) is 1. The number of nitrogens with zero attached hydrogens (tertiary/aromatic N) is 1. The zero-order valence-electron chi connectivity index (χ0n) is 16.2. The molecule has 3 rings (SSSR count). The predicted molar refractivity (Wildman–Crippen MR) is 103 cm³/mol. The normalized spacial score (nSPS) is 21.7. The predicted octanol–water partition coefficient (Wildman–Crippen LogP) is 5.06. The van der Waals surface area contributed by atoms with Gasteiger partial charge in [-0.25, -0.2) is 4.79 Å². The van der Waals surface area contributed by atoms with E-state index >= 15 is 0 Å². The Morgan fingerprint density at radius 3 is 2.65 bits per heavy atom. The van der Waals surface area contributed by atoms with Crippen molar-refractivity contribution in [2.75, 3.05) is 6.61 Å². The number of carbonyl (C=O) groups is 1. The number of benzene rings is 1. The van der Waals surface area contributed by atoms with E-state index in [0.29, 0.717) is 5.70 Å². The number of amides is 1. The van der Waals surface area contributed by atoms with Crippen LogP contribution in [-0.4, -0.2) is 28.3 Å². The third kappa shape index (κ3) is 3.43. The van der Waals surface area contributed by atoms with Gasteiger partial charge in [-0.2, -0.15) is 0 Å². The summed E-state index contributed by atoms with van der Waals surface area (Å²) < 4.78 is 5.69. The summed E-state index contributed by atoms with van der Waals surface area (Å²) in [6, 6.07) is 8.02. The lowest BCUT2D eigenvalue weighted by molar-refractivity contribution is 0.0224. The van der Waals surface area contributed by atoms with Crippen LogP contribution in [-0.2, 0) is 4.74 Å². The molecule has 0 fully saturated rings. The molecule has 0 radical (unpaired) electrons. The summed E-state index contributed by atoms with van der Waals surface area (Å²) in [5, 5.41) is 10.1. The lowest BCUT2D eigenvalue weighted by Gasteiger charge is -2.34. The van der Waals surface area contributed by atoms with E-state index in [1.807, 2.05) is 32.9 Å². The fourth-order valence-electron chi connectivity index (χ4n) is 3.95. The monoisotopic (exact) mass is 355 g/mol. The molecule has 1 aliphatic heterocycles. The van der Waals surface area contributed by atoms with Crippen LogP contribution in [0.4, 0.5) is 4.79 Å². The fourth-order valence-corrected chi connectivity index (χ4v) is 3.95. The molecule has 0 aromatic heterocycles. The van der Waals surface area contributed by atoms with Crippen LogP contribution in [0.15, 0.2) is 41.6 Å². The molecule has 1 aromatic rings. The highest BCUT2D eigenvalue weighted by atomic mass is 16.6. The molecule has 0 bridgehead atoms. The quantitative estimate of drug-likeness (QED) is 0.821. The maximum Gasteiger partial charge on any atom is 0.415 e. The highest BCUT2D eigenvalue weighted by molar-refractivity contribution is 5.75. The summed E-state index contributed by atoms with van der Waals surface area (Å²) in [6.45, 7) is 7.61. The number of hydrogen-bond acceptors (Lipinski definition) is 3. The second kappa shape index (κ2) is 7.28. The van der Waals surface area contributed by atoms with E-state index in [1.54, 1.807) is 4.90 Å². The first-order valence-electron chi connectivity index (χ1n) is 9.49. The van der Waals surface area contributed by atoms with Crippen molar-refractivity contribution in [1.82, 2.24) is 4.90 Å². The summed E-state index contributed by atoms with van der Waals surface area (Å²) in [5.74, 6) is 0.103. The number of aliphatic hydroxyl groups is 1. The Morgan fingerprint density at radius 2 is 2.00 bits per heavy atom. The summed E-state index contributed by atoms with van der Waals surface area (Å²) >= 11 is 0. The number of rotatable bonds is 4. The Morgan fingerprint density at radius 1 is 1.27 bits per heavy atom. The molecule has 2 atom stereocenters. The van der Waals surface area contributed by atoms with Gasteiger partial charge in [0, 0.05) is 5.92 Å². The smallest absolute Gasteiger partial charge is 0.415 e. The van der Waals surface area contributed by atoms with Gasteiger partial charge in [-0.3, -0.25) is 4.90 Å². The Kier molecular flexibility index (Phi) is 5.24. The first-order valence-corrected chi connectivity index (χ1v) is 9.49. The maximum atomic E-state index is 13.0. The molecule has 4 nitrogen and oxygen atoms in total. The molecule has 1 aromatic carbocycles. The number of hydrogen-bond donors (Lipinski definition) is 1. The maximum absolute atomic E-state index is 13.0. The molecular weight excluding hydrogens is 326 g/mol. The molecule has 0 saturated heterocycles. The molecule has 0 unspecified atom stereocenters.